The van der Waals surface area contributed by atoms with Gasteiger partial charge in [0.05, 0.1) is 29.7 Å². The number of likely N-dealkylation sites (tertiary alicyclic amines) is 1. The van der Waals surface area contributed by atoms with Crippen LogP contribution in [0.1, 0.15) is 32.7 Å². The van der Waals surface area contributed by atoms with Gasteiger partial charge in [-0.2, -0.15) is 5.10 Å². The molecule has 1 fully saturated rings. The molecule has 9 heteroatoms. The van der Waals surface area contributed by atoms with Crippen LogP contribution in [0, 0.1) is 17.5 Å². The Kier molecular flexibility index (Phi) is 7.76. The number of piperidine rings is 1. The Hall–Kier alpha value is -5.57. The number of nitrogens with zero attached hydrogens (tertiary/aromatic N) is 2. The van der Waals surface area contributed by atoms with Gasteiger partial charge < -0.3 is 4.90 Å². The lowest BCUT2D eigenvalue weighted by atomic mass is 9.93. The number of nitrogens with one attached hydrogen (secondary N) is 1. The molecule has 1 aromatic heterocycles. The molecule has 0 unspecified atom stereocenters. The maximum Gasteiger partial charge on any atom is 0.272 e. The Morgan fingerprint density at radius 1 is 0.750 bits per heavy atom. The topological polar surface area (TPSA) is 83.1 Å². The van der Waals surface area contributed by atoms with Gasteiger partial charge in [-0.3, -0.25) is 14.4 Å². The van der Waals surface area contributed by atoms with E-state index in [-0.39, 0.29) is 52.9 Å². The van der Waals surface area contributed by atoms with Gasteiger partial charge in [-0.1, -0.05) is 60.7 Å². The highest BCUT2D eigenvalue weighted by Crippen LogP contribution is 2.26. The van der Waals surface area contributed by atoms with Crippen LogP contribution < -0.4 is 5.56 Å². The first-order chi connectivity index (χ1) is 21.3. The molecule has 6 rings (SSSR count). The molecule has 1 aliphatic heterocycles. The molecule has 4 aromatic carbocycles. The summed E-state index contributed by atoms with van der Waals surface area (Å²) in [4.78, 5) is 40.8. The molecule has 218 valence electrons. The molecule has 2 heterocycles. The first kappa shape index (κ1) is 28.5. The van der Waals surface area contributed by atoms with E-state index in [0.717, 1.165) is 0 Å². The van der Waals surface area contributed by atoms with E-state index in [9.17, 15) is 23.2 Å². The van der Waals surface area contributed by atoms with E-state index in [0.29, 0.717) is 22.0 Å². The molecule has 6 nitrogen and oxygen atoms in total. The molecule has 0 bridgehead atoms. The van der Waals surface area contributed by atoms with Crippen molar-refractivity contribution in [2.45, 2.75) is 6.42 Å². The number of carbonyl (C=O) groups is 2. The summed E-state index contributed by atoms with van der Waals surface area (Å²) < 4.78 is 44.2. The number of fused-ring (bicyclic) bond motifs is 1. The molecule has 5 aromatic rings. The Bertz CT molecular complexity index is 2000. The van der Waals surface area contributed by atoms with Gasteiger partial charge in [-0.25, -0.2) is 18.3 Å². The molecule has 0 aliphatic carbocycles. The van der Waals surface area contributed by atoms with Crippen LogP contribution in [0.25, 0.3) is 22.9 Å². The number of Topliss-reactive ketones (excluding diaryl/α,β-unsaturated/α-hetero) is 1. The fraction of sp³-hybridized carbons (Fsp3) is 0.0857. The molecule has 44 heavy (non-hydrogen) atoms. The van der Waals surface area contributed by atoms with Crippen LogP contribution in [0.5, 0.6) is 0 Å². The normalized spacial score (nSPS) is 15.3. The van der Waals surface area contributed by atoms with E-state index in [1.807, 2.05) is 0 Å². The van der Waals surface area contributed by atoms with Crippen molar-refractivity contribution in [2.24, 2.45) is 0 Å². The molecule has 1 aliphatic rings. The summed E-state index contributed by atoms with van der Waals surface area (Å²) in [6.07, 6.45) is 2.91. The van der Waals surface area contributed by atoms with Crippen molar-refractivity contribution in [3.05, 3.63) is 158 Å². The van der Waals surface area contributed by atoms with Crippen molar-refractivity contribution < 1.29 is 22.8 Å². The van der Waals surface area contributed by atoms with Gasteiger partial charge in [0.1, 0.15) is 17.5 Å². The Morgan fingerprint density at radius 2 is 1.32 bits per heavy atom. The Morgan fingerprint density at radius 3 is 1.93 bits per heavy atom. The summed E-state index contributed by atoms with van der Waals surface area (Å²) in [6.45, 7) is -0.424. The van der Waals surface area contributed by atoms with Gasteiger partial charge >= 0.3 is 0 Å². The number of halogens is 3. The molecule has 0 saturated carbocycles. The van der Waals surface area contributed by atoms with Gasteiger partial charge in [0.25, 0.3) is 11.5 Å². The fourth-order valence-electron chi connectivity index (χ4n) is 5.26. The van der Waals surface area contributed by atoms with Crippen LogP contribution in [0.15, 0.2) is 107 Å². The summed E-state index contributed by atoms with van der Waals surface area (Å²) in [5, 5.41) is 7.73. The minimum atomic E-state index is -0.769. The number of H-pyrrole nitrogens is 1. The smallest absolute Gasteiger partial charge is 0.272 e. The van der Waals surface area contributed by atoms with Crippen LogP contribution in [0.2, 0.25) is 0 Å². The summed E-state index contributed by atoms with van der Waals surface area (Å²) >= 11 is 0. The van der Waals surface area contributed by atoms with E-state index in [1.54, 1.807) is 36.4 Å². The molecular formula is C35H24F3N3O3. The second kappa shape index (κ2) is 12.0. The third-order valence-corrected chi connectivity index (χ3v) is 7.47. The quantitative estimate of drug-likeness (QED) is 0.250. The molecule has 0 radical (unpaired) electrons. The minimum absolute atomic E-state index is 0.0951. The largest absolute Gasteiger partial charge is 0.330 e. The van der Waals surface area contributed by atoms with Crippen molar-refractivity contribution in [2.75, 3.05) is 13.1 Å². The maximum atomic E-state index is 15.2. The van der Waals surface area contributed by atoms with Crippen LogP contribution in [0.3, 0.4) is 0 Å². The summed E-state index contributed by atoms with van der Waals surface area (Å²) in [7, 11) is 0. The van der Waals surface area contributed by atoms with Crippen molar-refractivity contribution in [3.63, 3.8) is 0 Å². The fourth-order valence-corrected chi connectivity index (χ4v) is 5.26. The zero-order chi connectivity index (χ0) is 30.8. The number of carbonyl (C=O) groups excluding carboxylic acids is 2. The average molecular weight is 592 g/mol. The SMILES string of the molecule is O=C1/C(=C/c2ccccc2F)CN(C(=O)c2cc(Cc3n[nH]c(=O)c4ccccc34)ccc2F)C/C1=C\c1ccccc1F. The Labute approximate surface area is 249 Å². The molecule has 1 N–H and O–H groups in total. The number of aromatic amines is 1. The Balaban J connectivity index is 1.37. The summed E-state index contributed by atoms with van der Waals surface area (Å²) in [5.74, 6) is -3.05. The number of amides is 1. The number of benzene rings is 4. The summed E-state index contributed by atoms with van der Waals surface area (Å²) in [5.41, 5.74) is 1.01. The number of hydrogen-bond acceptors (Lipinski definition) is 4. The highest BCUT2D eigenvalue weighted by Gasteiger charge is 2.31. The van der Waals surface area contributed by atoms with Crippen LogP contribution >= 0.6 is 0 Å². The number of hydrogen-bond donors (Lipinski definition) is 1. The third-order valence-electron chi connectivity index (χ3n) is 7.47. The van der Waals surface area contributed by atoms with Crippen molar-refractivity contribution in [1.29, 1.82) is 0 Å². The van der Waals surface area contributed by atoms with E-state index in [4.69, 9.17) is 0 Å². The zero-order valence-electron chi connectivity index (χ0n) is 23.2. The first-order valence-corrected chi connectivity index (χ1v) is 13.8. The average Bonchev–Trinajstić information content (AvgIpc) is 3.03. The lowest BCUT2D eigenvalue weighted by Gasteiger charge is -2.30. The van der Waals surface area contributed by atoms with Crippen LogP contribution in [-0.2, 0) is 11.2 Å². The molecule has 1 saturated heterocycles. The van der Waals surface area contributed by atoms with Crippen molar-refractivity contribution >= 4 is 34.6 Å². The van der Waals surface area contributed by atoms with Gasteiger partial charge in [-0.05, 0) is 48.0 Å². The summed E-state index contributed by atoms with van der Waals surface area (Å²) in [6, 6.07) is 22.8. The lowest BCUT2D eigenvalue weighted by molar-refractivity contribution is -0.113. The van der Waals surface area contributed by atoms with Gasteiger partial charge in [0.2, 0.25) is 0 Å². The minimum Gasteiger partial charge on any atom is -0.330 e. The monoisotopic (exact) mass is 591 g/mol. The van der Waals surface area contributed by atoms with E-state index in [1.165, 1.54) is 71.6 Å². The third kappa shape index (κ3) is 5.72. The predicted molar refractivity (Wildman–Crippen MR) is 161 cm³/mol. The number of aromatic nitrogens is 2. The predicted octanol–water partition coefficient (Wildman–Crippen LogP) is 6.12. The van der Waals surface area contributed by atoms with Crippen LogP contribution in [-0.4, -0.2) is 39.9 Å². The van der Waals surface area contributed by atoms with Crippen LogP contribution in [0.4, 0.5) is 13.2 Å². The highest BCUT2D eigenvalue weighted by atomic mass is 19.1. The highest BCUT2D eigenvalue weighted by molar-refractivity contribution is 6.16. The van der Waals surface area contributed by atoms with E-state index >= 15 is 4.39 Å². The zero-order valence-corrected chi connectivity index (χ0v) is 23.2. The first-order valence-electron chi connectivity index (χ1n) is 13.8. The second-order valence-electron chi connectivity index (χ2n) is 10.4. The maximum absolute atomic E-state index is 15.2. The number of rotatable bonds is 5. The number of ketones is 1. The molecule has 1 amide bonds. The van der Waals surface area contributed by atoms with Crippen molar-refractivity contribution in [3.8, 4) is 0 Å². The van der Waals surface area contributed by atoms with Crippen molar-refractivity contribution in [1.82, 2.24) is 15.1 Å². The van der Waals surface area contributed by atoms with Gasteiger partial charge in [0.15, 0.2) is 5.78 Å². The van der Waals surface area contributed by atoms with E-state index in [2.05, 4.69) is 10.2 Å². The van der Waals surface area contributed by atoms with Gasteiger partial charge in [0, 0.05) is 34.1 Å². The van der Waals surface area contributed by atoms with Gasteiger partial charge in [-0.15, -0.1) is 0 Å². The molecular weight excluding hydrogens is 567 g/mol. The second-order valence-corrected chi connectivity index (χ2v) is 10.4. The molecule has 0 atom stereocenters. The lowest BCUT2D eigenvalue weighted by Crippen LogP contribution is -2.42. The van der Waals surface area contributed by atoms with E-state index < -0.39 is 29.1 Å². The molecule has 0 spiro atoms. The standard InChI is InChI=1S/C35H24F3N3O3/c36-29-11-5-1-7-22(29)17-24-19-41(20-25(33(24)42)18-23-8-2-6-12-30(23)37)35(44)28-15-21(13-14-31(28)38)16-32-26-9-3-4-10-27(26)34(43)40-39-32/h1-15,17-18H,16,19-20H2,(H,40,43)/b24-17+,25-18+.